The molecular formula is C26H30Cl2N2O3. The molecule has 2 amide bonds. The summed E-state index contributed by atoms with van der Waals surface area (Å²) in [6.45, 7) is 0.840. The molecule has 2 aliphatic rings. The molecule has 0 bridgehead atoms. The maximum Gasteiger partial charge on any atom is 0.414 e. The number of nitrogens with zero attached hydrogens (tertiary/aromatic N) is 2. The summed E-state index contributed by atoms with van der Waals surface area (Å²) in [7, 11) is 3.27. The summed E-state index contributed by atoms with van der Waals surface area (Å²) >= 11 is 13.3. The minimum atomic E-state index is -0.429. The monoisotopic (exact) mass is 488 g/mol. The Kier molecular flexibility index (Phi) is 7.50. The van der Waals surface area contributed by atoms with Crippen LogP contribution in [0.1, 0.15) is 44.1 Å². The fourth-order valence-electron chi connectivity index (χ4n) is 4.83. The Morgan fingerprint density at radius 1 is 1.00 bits per heavy atom. The molecule has 0 radical (unpaired) electrons. The Morgan fingerprint density at radius 2 is 1.64 bits per heavy atom. The second-order valence-electron chi connectivity index (χ2n) is 9.22. The molecule has 0 N–H and O–H groups in total. The van der Waals surface area contributed by atoms with E-state index in [0.717, 1.165) is 42.5 Å². The third kappa shape index (κ3) is 5.47. The first-order valence-corrected chi connectivity index (χ1v) is 12.4. The predicted molar refractivity (Wildman–Crippen MR) is 132 cm³/mol. The third-order valence-corrected chi connectivity index (χ3v) is 7.39. The molecule has 0 spiro atoms. The normalized spacial score (nSPS) is 19.1. The Labute approximate surface area is 205 Å². The van der Waals surface area contributed by atoms with E-state index in [0.29, 0.717) is 28.3 Å². The van der Waals surface area contributed by atoms with E-state index in [2.05, 4.69) is 4.90 Å². The second-order valence-corrected chi connectivity index (χ2v) is 10.0. The Bertz CT molecular complexity index is 994. The van der Waals surface area contributed by atoms with Crippen LogP contribution in [0.2, 0.25) is 10.0 Å². The minimum absolute atomic E-state index is 0.0570. The standard InChI is InChI=1S/C26H30Cl2N2O3/c1-29(2)26(32)33-21-10-8-17(9-11-21)19-15-23(27)22(24(28)16-19)14-18-12-13-30(25(18)31)20-6-4-3-5-7-20/h8-11,15-16,18,20H,3-7,12-14H2,1-2H3. The zero-order valence-electron chi connectivity index (χ0n) is 19.2. The lowest BCUT2D eigenvalue weighted by Crippen LogP contribution is -2.39. The topological polar surface area (TPSA) is 49.9 Å². The number of benzene rings is 2. The minimum Gasteiger partial charge on any atom is -0.410 e. The van der Waals surface area contributed by atoms with Crippen LogP contribution in [-0.4, -0.2) is 48.5 Å². The fraction of sp³-hybridized carbons (Fsp3) is 0.462. The third-order valence-electron chi connectivity index (χ3n) is 6.72. The van der Waals surface area contributed by atoms with Gasteiger partial charge < -0.3 is 14.5 Å². The van der Waals surface area contributed by atoms with Crippen molar-refractivity contribution in [2.45, 2.75) is 51.0 Å². The molecule has 1 saturated heterocycles. The van der Waals surface area contributed by atoms with Gasteiger partial charge in [0.2, 0.25) is 5.91 Å². The molecule has 0 aromatic heterocycles. The molecule has 2 aromatic carbocycles. The lowest BCUT2D eigenvalue weighted by molar-refractivity contribution is -0.133. The maximum atomic E-state index is 13.1. The van der Waals surface area contributed by atoms with E-state index in [1.165, 1.54) is 24.2 Å². The molecule has 1 saturated carbocycles. The number of hydrogen-bond acceptors (Lipinski definition) is 3. The van der Waals surface area contributed by atoms with Gasteiger partial charge in [0, 0.05) is 42.6 Å². The lowest BCUT2D eigenvalue weighted by atomic mass is 9.93. The number of ether oxygens (including phenoxy) is 1. The fourth-order valence-corrected chi connectivity index (χ4v) is 5.47. The van der Waals surface area contributed by atoms with Gasteiger partial charge in [-0.25, -0.2) is 4.79 Å². The highest BCUT2D eigenvalue weighted by Crippen LogP contribution is 2.37. The van der Waals surface area contributed by atoms with Crippen molar-refractivity contribution in [3.05, 3.63) is 52.0 Å². The molecule has 1 aliphatic heterocycles. The average Bonchev–Trinajstić information content (AvgIpc) is 3.17. The summed E-state index contributed by atoms with van der Waals surface area (Å²) in [5, 5.41) is 1.15. The SMILES string of the molecule is CN(C)C(=O)Oc1ccc(-c2cc(Cl)c(CC3CCN(C4CCCCC4)C3=O)c(Cl)c2)cc1. The van der Waals surface area contributed by atoms with Gasteiger partial charge in [-0.2, -0.15) is 0 Å². The molecule has 1 unspecified atom stereocenters. The molecule has 2 aromatic rings. The van der Waals surface area contributed by atoms with Crippen molar-refractivity contribution in [1.82, 2.24) is 9.80 Å². The summed E-state index contributed by atoms with van der Waals surface area (Å²) < 4.78 is 5.27. The highest BCUT2D eigenvalue weighted by atomic mass is 35.5. The largest absolute Gasteiger partial charge is 0.414 e. The molecule has 1 heterocycles. The van der Waals surface area contributed by atoms with E-state index in [1.807, 2.05) is 24.3 Å². The Hall–Kier alpha value is -2.24. The number of carbonyl (C=O) groups is 2. The van der Waals surface area contributed by atoms with E-state index >= 15 is 0 Å². The van der Waals surface area contributed by atoms with Gasteiger partial charge in [-0.3, -0.25) is 4.79 Å². The molecule has 1 aliphatic carbocycles. The van der Waals surface area contributed by atoms with Gasteiger partial charge in [-0.1, -0.05) is 54.6 Å². The van der Waals surface area contributed by atoms with Crippen LogP contribution in [0.15, 0.2) is 36.4 Å². The van der Waals surface area contributed by atoms with Crippen LogP contribution in [0, 0.1) is 5.92 Å². The van der Waals surface area contributed by atoms with Crippen molar-refractivity contribution in [3.8, 4) is 16.9 Å². The van der Waals surface area contributed by atoms with Gasteiger partial charge >= 0.3 is 6.09 Å². The number of carbonyl (C=O) groups excluding carboxylic acids is 2. The number of halogens is 2. The van der Waals surface area contributed by atoms with Crippen LogP contribution in [0.3, 0.4) is 0 Å². The van der Waals surface area contributed by atoms with Crippen molar-refractivity contribution in [1.29, 1.82) is 0 Å². The zero-order valence-corrected chi connectivity index (χ0v) is 20.7. The second kappa shape index (κ2) is 10.4. The first kappa shape index (κ1) is 23.9. The summed E-state index contributed by atoms with van der Waals surface area (Å²) in [5.41, 5.74) is 2.62. The molecular weight excluding hydrogens is 459 g/mol. The number of rotatable bonds is 5. The smallest absolute Gasteiger partial charge is 0.410 e. The van der Waals surface area contributed by atoms with Crippen molar-refractivity contribution < 1.29 is 14.3 Å². The summed E-state index contributed by atoms with van der Waals surface area (Å²) in [6, 6.07) is 11.4. The van der Waals surface area contributed by atoms with E-state index in [9.17, 15) is 9.59 Å². The Balaban J connectivity index is 1.45. The molecule has 7 heteroatoms. The summed E-state index contributed by atoms with van der Waals surface area (Å²) in [4.78, 5) is 28.3. The molecule has 5 nitrogen and oxygen atoms in total. The van der Waals surface area contributed by atoms with Crippen LogP contribution in [-0.2, 0) is 11.2 Å². The van der Waals surface area contributed by atoms with Crippen molar-refractivity contribution in [3.63, 3.8) is 0 Å². The van der Waals surface area contributed by atoms with Crippen LogP contribution < -0.4 is 4.74 Å². The van der Waals surface area contributed by atoms with Crippen LogP contribution in [0.5, 0.6) is 5.75 Å². The van der Waals surface area contributed by atoms with E-state index in [4.69, 9.17) is 27.9 Å². The molecule has 1 atom stereocenters. The van der Waals surface area contributed by atoms with Crippen LogP contribution in [0.25, 0.3) is 11.1 Å². The highest BCUT2D eigenvalue weighted by molar-refractivity contribution is 6.36. The molecule has 2 fully saturated rings. The first-order valence-electron chi connectivity index (χ1n) is 11.6. The Morgan fingerprint density at radius 3 is 2.24 bits per heavy atom. The van der Waals surface area contributed by atoms with Crippen molar-refractivity contribution in [2.75, 3.05) is 20.6 Å². The first-order chi connectivity index (χ1) is 15.8. The molecule has 33 heavy (non-hydrogen) atoms. The van der Waals surface area contributed by atoms with Crippen LogP contribution >= 0.6 is 23.2 Å². The summed E-state index contributed by atoms with van der Waals surface area (Å²) in [6.07, 6.45) is 6.97. The number of amides is 2. The quantitative estimate of drug-likeness (QED) is 0.486. The van der Waals surface area contributed by atoms with Gasteiger partial charge in [0.15, 0.2) is 0 Å². The molecule has 176 valence electrons. The average molecular weight is 489 g/mol. The highest BCUT2D eigenvalue weighted by Gasteiger charge is 2.36. The van der Waals surface area contributed by atoms with E-state index < -0.39 is 6.09 Å². The van der Waals surface area contributed by atoms with Crippen molar-refractivity contribution in [2.24, 2.45) is 5.92 Å². The molecule has 4 rings (SSSR count). The van der Waals surface area contributed by atoms with Gasteiger partial charge in [-0.05, 0) is 66.6 Å². The number of likely N-dealkylation sites (tertiary alicyclic amines) is 1. The van der Waals surface area contributed by atoms with E-state index in [1.54, 1.807) is 26.2 Å². The van der Waals surface area contributed by atoms with Gasteiger partial charge in [0.1, 0.15) is 5.75 Å². The summed E-state index contributed by atoms with van der Waals surface area (Å²) in [5.74, 6) is 0.660. The predicted octanol–water partition coefficient (Wildman–Crippen LogP) is 6.44. The lowest BCUT2D eigenvalue weighted by Gasteiger charge is -2.31. The van der Waals surface area contributed by atoms with Crippen molar-refractivity contribution >= 4 is 35.2 Å². The maximum absolute atomic E-state index is 13.1. The zero-order chi connectivity index (χ0) is 23.5. The van der Waals surface area contributed by atoms with Gasteiger partial charge in [0.05, 0.1) is 0 Å². The van der Waals surface area contributed by atoms with Gasteiger partial charge in [-0.15, -0.1) is 0 Å². The van der Waals surface area contributed by atoms with Gasteiger partial charge in [0.25, 0.3) is 0 Å². The van der Waals surface area contributed by atoms with E-state index in [-0.39, 0.29) is 11.8 Å². The van der Waals surface area contributed by atoms with Crippen LogP contribution in [0.4, 0.5) is 4.79 Å². The number of hydrogen-bond donors (Lipinski definition) is 0.